The van der Waals surface area contributed by atoms with Crippen LogP contribution < -0.4 is 5.32 Å². The monoisotopic (exact) mass is 275 g/mol. The third kappa shape index (κ3) is 1.91. The Morgan fingerprint density at radius 2 is 2.30 bits per heavy atom. The van der Waals surface area contributed by atoms with E-state index >= 15 is 0 Å². The zero-order valence-electron chi connectivity index (χ0n) is 10.9. The maximum Gasteiger partial charge on any atom is 0.232 e. The van der Waals surface area contributed by atoms with Gasteiger partial charge < -0.3 is 14.8 Å². The van der Waals surface area contributed by atoms with E-state index in [-0.39, 0.29) is 17.5 Å². The summed E-state index contributed by atoms with van der Waals surface area (Å²) in [6, 6.07) is 6.17. The highest BCUT2D eigenvalue weighted by atomic mass is 19.1. The minimum absolute atomic E-state index is 0.203. The van der Waals surface area contributed by atoms with Crippen LogP contribution in [0.5, 0.6) is 0 Å². The van der Waals surface area contributed by atoms with Gasteiger partial charge in [0, 0.05) is 0 Å². The third-order valence-electron chi connectivity index (χ3n) is 3.62. The summed E-state index contributed by atoms with van der Waals surface area (Å²) < 4.78 is 19.2. The van der Waals surface area contributed by atoms with Crippen molar-refractivity contribution in [1.29, 1.82) is 0 Å². The summed E-state index contributed by atoms with van der Waals surface area (Å²) in [6.45, 7) is 1.87. The van der Waals surface area contributed by atoms with Crippen molar-refractivity contribution in [2.24, 2.45) is 0 Å². The molecule has 2 atom stereocenters. The average molecular weight is 275 g/mol. The molecule has 5 heteroatoms. The lowest BCUT2D eigenvalue weighted by Crippen LogP contribution is -2.10. The molecule has 1 amide bonds. The molecule has 0 saturated carbocycles. The van der Waals surface area contributed by atoms with Crippen molar-refractivity contribution in [2.45, 2.75) is 25.4 Å². The van der Waals surface area contributed by atoms with Crippen LogP contribution in [-0.4, -0.2) is 11.0 Å². The fourth-order valence-corrected chi connectivity index (χ4v) is 2.58. The minimum atomic E-state index is -1.04. The van der Waals surface area contributed by atoms with E-state index in [4.69, 9.17) is 4.42 Å². The van der Waals surface area contributed by atoms with E-state index in [0.29, 0.717) is 23.3 Å². The molecule has 0 fully saturated rings. The Balaban J connectivity index is 2.06. The number of anilines is 1. The molecule has 4 nitrogen and oxygen atoms in total. The van der Waals surface area contributed by atoms with Crippen molar-refractivity contribution < 1.29 is 18.7 Å². The van der Waals surface area contributed by atoms with Gasteiger partial charge in [-0.05, 0) is 41.8 Å². The van der Waals surface area contributed by atoms with Crippen molar-refractivity contribution in [3.8, 4) is 0 Å². The summed E-state index contributed by atoms with van der Waals surface area (Å²) in [5, 5.41) is 12.7. The third-order valence-corrected chi connectivity index (χ3v) is 3.62. The van der Waals surface area contributed by atoms with E-state index in [1.807, 2.05) is 6.92 Å². The first-order chi connectivity index (χ1) is 9.61. The molecule has 2 unspecified atom stereocenters. The maximum absolute atomic E-state index is 14.1. The Kier molecular flexibility index (Phi) is 3.06. The number of fused-ring (bicyclic) bond motifs is 1. The standard InChI is InChI=1S/C15H14FNO3/c1-2-9-10-6-8(14(18)12-4-3-5-20-12)7-11(16)13(10)17-15(9)19/h3-7,9,14,18H,2H2,1H3,(H,17,19). The van der Waals surface area contributed by atoms with Crippen LogP contribution in [0.25, 0.3) is 0 Å². The van der Waals surface area contributed by atoms with Gasteiger partial charge in [-0.2, -0.15) is 0 Å². The Labute approximate surface area is 115 Å². The number of hydrogen-bond acceptors (Lipinski definition) is 3. The number of furan rings is 1. The van der Waals surface area contributed by atoms with Gasteiger partial charge in [-0.3, -0.25) is 4.79 Å². The lowest BCUT2D eigenvalue weighted by molar-refractivity contribution is -0.117. The van der Waals surface area contributed by atoms with E-state index in [9.17, 15) is 14.3 Å². The lowest BCUT2D eigenvalue weighted by Gasteiger charge is -2.12. The number of carbonyl (C=O) groups is 1. The van der Waals surface area contributed by atoms with Crippen LogP contribution in [0.3, 0.4) is 0 Å². The highest BCUT2D eigenvalue weighted by molar-refractivity contribution is 6.03. The number of hydrogen-bond donors (Lipinski definition) is 2. The van der Waals surface area contributed by atoms with E-state index in [0.717, 1.165) is 0 Å². The predicted octanol–water partition coefficient (Wildman–Crippen LogP) is 2.95. The van der Waals surface area contributed by atoms with Crippen LogP contribution in [0.2, 0.25) is 0 Å². The van der Waals surface area contributed by atoms with Gasteiger partial charge in [0.25, 0.3) is 0 Å². The van der Waals surface area contributed by atoms with Gasteiger partial charge >= 0.3 is 0 Å². The zero-order valence-corrected chi connectivity index (χ0v) is 10.9. The summed E-state index contributed by atoms with van der Waals surface area (Å²) in [4.78, 5) is 11.8. The van der Waals surface area contributed by atoms with Crippen molar-refractivity contribution >= 4 is 11.6 Å². The first kappa shape index (κ1) is 12.9. The van der Waals surface area contributed by atoms with Gasteiger partial charge in [-0.15, -0.1) is 0 Å². The molecule has 2 heterocycles. The number of carbonyl (C=O) groups excluding carboxylic acids is 1. The van der Waals surface area contributed by atoms with Crippen LogP contribution in [0.15, 0.2) is 34.9 Å². The number of halogens is 1. The molecule has 1 aromatic heterocycles. The molecule has 0 spiro atoms. The molecule has 0 aliphatic carbocycles. The highest BCUT2D eigenvalue weighted by Gasteiger charge is 2.32. The van der Waals surface area contributed by atoms with Crippen molar-refractivity contribution in [3.05, 3.63) is 53.2 Å². The fraction of sp³-hybridized carbons (Fsp3) is 0.267. The molecule has 2 aromatic rings. The van der Waals surface area contributed by atoms with Crippen LogP contribution in [0, 0.1) is 5.82 Å². The van der Waals surface area contributed by atoms with Gasteiger partial charge in [0.05, 0.1) is 17.9 Å². The van der Waals surface area contributed by atoms with Crippen LogP contribution in [0.1, 0.15) is 42.3 Å². The summed E-state index contributed by atoms with van der Waals surface area (Å²) in [7, 11) is 0. The molecule has 1 aliphatic heterocycles. The highest BCUT2D eigenvalue weighted by Crippen LogP contribution is 2.39. The van der Waals surface area contributed by atoms with Crippen molar-refractivity contribution in [3.63, 3.8) is 0 Å². The molecule has 0 bridgehead atoms. The number of benzene rings is 1. The Bertz CT molecular complexity index is 651. The number of nitrogens with one attached hydrogen (secondary N) is 1. The first-order valence-electron chi connectivity index (χ1n) is 6.47. The molecule has 0 saturated heterocycles. The van der Waals surface area contributed by atoms with E-state index in [1.54, 1.807) is 18.2 Å². The largest absolute Gasteiger partial charge is 0.466 e. The van der Waals surface area contributed by atoms with Gasteiger partial charge in [0.1, 0.15) is 17.7 Å². The maximum atomic E-state index is 14.1. The summed E-state index contributed by atoms with van der Waals surface area (Å²) in [6.07, 6.45) is 0.985. The molecule has 1 aromatic carbocycles. The summed E-state index contributed by atoms with van der Waals surface area (Å²) in [5.74, 6) is -0.767. The smallest absolute Gasteiger partial charge is 0.232 e. The molecule has 2 N–H and O–H groups in total. The number of aliphatic hydroxyl groups is 1. The molecule has 1 aliphatic rings. The Hall–Kier alpha value is -2.14. The number of amides is 1. The second kappa shape index (κ2) is 4.76. The molecule has 0 radical (unpaired) electrons. The second-order valence-corrected chi connectivity index (χ2v) is 4.83. The van der Waals surface area contributed by atoms with Gasteiger partial charge in [0.15, 0.2) is 0 Å². The number of aliphatic hydroxyl groups excluding tert-OH is 1. The zero-order chi connectivity index (χ0) is 14.3. The molecular weight excluding hydrogens is 261 g/mol. The fourth-order valence-electron chi connectivity index (χ4n) is 2.58. The van der Waals surface area contributed by atoms with E-state index in [1.165, 1.54) is 12.3 Å². The predicted molar refractivity (Wildman–Crippen MR) is 70.8 cm³/mol. The van der Waals surface area contributed by atoms with Gasteiger partial charge in [-0.1, -0.05) is 6.92 Å². The summed E-state index contributed by atoms with van der Waals surface area (Å²) in [5.41, 5.74) is 1.20. The van der Waals surface area contributed by atoms with Crippen molar-refractivity contribution in [1.82, 2.24) is 0 Å². The minimum Gasteiger partial charge on any atom is -0.466 e. The van der Waals surface area contributed by atoms with Crippen LogP contribution in [-0.2, 0) is 4.79 Å². The molecule has 104 valence electrons. The van der Waals surface area contributed by atoms with Gasteiger partial charge in [-0.25, -0.2) is 4.39 Å². The topological polar surface area (TPSA) is 62.5 Å². The normalized spacial score (nSPS) is 18.8. The Morgan fingerprint density at radius 3 is 2.95 bits per heavy atom. The summed E-state index contributed by atoms with van der Waals surface area (Å²) >= 11 is 0. The lowest BCUT2D eigenvalue weighted by atomic mass is 9.94. The Morgan fingerprint density at radius 1 is 1.50 bits per heavy atom. The second-order valence-electron chi connectivity index (χ2n) is 4.83. The van der Waals surface area contributed by atoms with Crippen LogP contribution in [0.4, 0.5) is 10.1 Å². The first-order valence-corrected chi connectivity index (χ1v) is 6.47. The molecular formula is C15H14FNO3. The molecule has 3 rings (SSSR count). The number of rotatable bonds is 3. The van der Waals surface area contributed by atoms with E-state index in [2.05, 4.69) is 5.32 Å². The quantitative estimate of drug-likeness (QED) is 0.905. The SMILES string of the molecule is CCC1C(=O)Nc2c(F)cc(C(O)c3ccco3)cc21. The van der Waals surface area contributed by atoms with Crippen LogP contribution >= 0.6 is 0 Å². The average Bonchev–Trinajstić information content (AvgIpc) is 3.05. The van der Waals surface area contributed by atoms with Crippen molar-refractivity contribution in [2.75, 3.05) is 5.32 Å². The van der Waals surface area contributed by atoms with Gasteiger partial charge in [0.2, 0.25) is 5.91 Å². The molecule has 20 heavy (non-hydrogen) atoms. The van der Waals surface area contributed by atoms with E-state index < -0.39 is 11.9 Å².